The average Bonchev–Trinajstić information content (AvgIpc) is 3.55. The first kappa shape index (κ1) is 36.8. The zero-order chi connectivity index (χ0) is 37.5. The van der Waals surface area contributed by atoms with E-state index < -0.39 is 30.2 Å². The molecule has 0 saturated carbocycles. The van der Waals surface area contributed by atoms with Crippen LogP contribution in [0.1, 0.15) is 53.5 Å². The minimum Gasteiger partial charge on any atom is -0.507 e. The molecule has 0 radical (unpaired) electrons. The number of phenols is 1. The number of phenolic OH excluding ortho intramolecular Hbond substituents is 1. The number of ketones is 1. The quantitative estimate of drug-likeness (QED) is 0.144. The molecule has 8 nitrogen and oxygen atoms in total. The molecule has 2 aliphatic rings. The van der Waals surface area contributed by atoms with Crippen LogP contribution in [0.3, 0.4) is 0 Å². The Morgan fingerprint density at radius 3 is 2.21 bits per heavy atom. The largest absolute Gasteiger partial charge is 0.507 e. The summed E-state index contributed by atoms with van der Waals surface area (Å²) in [5.41, 5.74) is 4.12. The van der Waals surface area contributed by atoms with Crippen LogP contribution in [0.5, 0.6) is 5.75 Å². The lowest BCUT2D eigenvalue weighted by Crippen LogP contribution is -2.67. The van der Waals surface area contributed by atoms with E-state index in [-0.39, 0.29) is 33.7 Å². The number of hydrogen-bond donors (Lipinski definition) is 2. The fourth-order valence-corrected chi connectivity index (χ4v) is 13.9. The first-order chi connectivity index (χ1) is 25.3. The van der Waals surface area contributed by atoms with Gasteiger partial charge in [0.1, 0.15) is 11.4 Å². The Bertz CT molecular complexity index is 2310. The standard InChI is InChI=1S/C42H42BrN3O5SSi/c1-28-15-18-32(19-16-28)52(49,50)46-26-30-21-22-44-36-25-37(41(48)40(46)39(30)36)45-31(23-29-17-20-38(47)35(43)24-29)27-51-53(42(2,3)4,33-11-7-5-8-12-33)34-13-9-6-10-14-34/h5-20,24-26,31,45,47H,21-23,27H2,1-4H3/t31-/m0/s1. The van der Waals surface area contributed by atoms with Crippen LogP contribution >= 0.6 is 15.9 Å². The lowest BCUT2D eigenvalue weighted by atomic mass is 9.92. The van der Waals surface area contributed by atoms with Crippen LogP contribution in [0.25, 0.3) is 0 Å². The normalized spacial score (nSPS) is 15.0. The number of aryl methyl sites for hydroxylation is 1. The molecule has 0 bridgehead atoms. The maximum atomic E-state index is 14.6. The Labute approximate surface area is 320 Å². The Morgan fingerprint density at radius 1 is 0.962 bits per heavy atom. The minimum atomic E-state index is -4.09. The van der Waals surface area contributed by atoms with E-state index in [1.807, 2.05) is 55.5 Å². The van der Waals surface area contributed by atoms with Crippen molar-refractivity contribution in [1.82, 2.24) is 9.29 Å². The van der Waals surface area contributed by atoms with Crippen molar-refractivity contribution >= 4 is 56.1 Å². The monoisotopic (exact) mass is 807 g/mol. The van der Waals surface area contributed by atoms with Gasteiger partial charge in [0.2, 0.25) is 5.78 Å². The summed E-state index contributed by atoms with van der Waals surface area (Å²) in [6.45, 7) is 9.26. The van der Waals surface area contributed by atoms with E-state index in [0.717, 1.165) is 31.0 Å². The molecule has 1 aromatic heterocycles. The van der Waals surface area contributed by atoms with Crippen molar-refractivity contribution in [3.05, 3.63) is 154 Å². The number of allylic oxidation sites excluding steroid dienone is 2. The Balaban J connectivity index is 1.30. The molecule has 4 aromatic carbocycles. The van der Waals surface area contributed by atoms with Crippen LogP contribution < -0.4 is 15.7 Å². The molecule has 1 aliphatic heterocycles. The van der Waals surface area contributed by atoms with Gasteiger partial charge in [0, 0.05) is 18.3 Å². The van der Waals surface area contributed by atoms with Gasteiger partial charge in [0.05, 0.1) is 33.4 Å². The molecule has 0 saturated heterocycles. The molecule has 11 heteroatoms. The molecular weight excluding hydrogens is 767 g/mol. The topological polar surface area (TPSA) is 110 Å². The molecule has 53 heavy (non-hydrogen) atoms. The van der Waals surface area contributed by atoms with E-state index in [9.17, 15) is 18.3 Å². The number of Topliss-reactive ketones (excluding diaryl/α,β-unsaturated/α-hetero) is 1. The van der Waals surface area contributed by atoms with Gasteiger partial charge in [-0.1, -0.05) is 105 Å². The summed E-state index contributed by atoms with van der Waals surface area (Å²) in [7, 11) is -7.07. The molecule has 0 spiro atoms. The summed E-state index contributed by atoms with van der Waals surface area (Å²) in [6, 6.07) is 32.3. The molecule has 2 heterocycles. The first-order valence-corrected chi connectivity index (χ1v) is 21.8. The van der Waals surface area contributed by atoms with Gasteiger partial charge in [0.15, 0.2) is 0 Å². The maximum Gasteiger partial charge on any atom is 0.268 e. The number of aromatic hydroxyl groups is 1. The number of halogens is 1. The maximum absolute atomic E-state index is 14.6. The van der Waals surface area contributed by atoms with Crippen molar-refractivity contribution in [2.45, 2.75) is 56.5 Å². The number of rotatable bonds is 11. The predicted molar refractivity (Wildman–Crippen MR) is 216 cm³/mol. The summed E-state index contributed by atoms with van der Waals surface area (Å²) in [5, 5.41) is 15.8. The van der Waals surface area contributed by atoms with Crippen LogP contribution in [-0.4, -0.2) is 56.5 Å². The molecular formula is C42H42BrN3O5SSi. The van der Waals surface area contributed by atoms with Crippen molar-refractivity contribution in [3.63, 3.8) is 0 Å². The van der Waals surface area contributed by atoms with E-state index in [1.165, 1.54) is 0 Å². The fourth-order valence-electron chi connectivity index (χ4n) is 7.49. The summed E-state index contributed by atoms with van der Waals surface area (Å²) < 4.78 is 37.3. The number of nitrogens with one attached hydrogen (secondary N) is 1. The number of carbonyl (C=O) groups excluding carboxylic acids is 1. The van der Waals surface area contributed by atoms with Crippen molar-refractivity contribution in [2.75, 3.05) is 13.2 Å². The van der Waals surface area contributed by atoms with Gasteiger partial charge in [-0.2, -0.15) is 0 Å². The van der Waals surface area contributed by atoms with Crippen LogP contribution in [0, 0.1) is 6.92 Å². The number of nitrogens with zero attached hydrogens (tertiary/aromatic N) is 2. The minimum absolute atomic E-state index is 0.0862. The van der Waals surface area contributed by atoms with Crippen LogP contribution in [0.2, 0.25) is 5.04 Å². The highest BCUT2D eigenvalue weighted by molar-refractivity contribution is 9.10. The van der Waals surface area contributed by atoms with Crippen LogP contribution in [0.15, 0.2) is 135 Å². The number of hydrogen-bond acceptors (Lipinski definition) is 7. The molecule has 0 fully saturated rings. The second-order valence-electron chi connectivity index (χ2n) is 14.7. The van der Waals surface area contributed by atoms with Crippen molar-refractivity contribution < 1.29 is 22.7 Å². The third-order valence-electron chi connectivity index (χ3n) is 10.1. The summed E-state index contributed by atoms with van der Waals surface area (Å²) in [6.07, 6.45) is 4.31. The smallest absolute Gasteiger partial charge is 0.268 e. The summed E-state index contributed by atoms with van der Waals surface area (Å²) >= 11 is 3.46. The average molecular weight is 809 g/mol. The Kier molecular flexibility index (Phi) is 9.96. The number of benzene rings is 4. The number of aliphatic imine (C=N–C) groups is 1. The lowest BCUT2D eigenvalue weighted by Gasteiger charge is -2.44. The third kappa shape index (κ3) is 6.87. The van der Waals surface area contributed by atoms with Crippen molar-refractivity contribution in [1.29, 1.82) is 0 Å². The molecule has 2 N–H and O–H groups in total. The summed E-state index contributed by atoms with van der Waals surface area (Å²) in [4.78, 5) is 19.5. The molecule has 272 valence electrons. The highest BCUT2D eigenvalue weighted by atomic mass is 79.9. The van der Waals surface area contributed by atoms with Gasteiger partial charge in [-0.15, -0.1) is 0 Å². The lowest BCUT2D eigenvalue weighted by molar-refractivity contribution is 0.101. The van der Waals surface area contributed by atoms with Gasteiger partial charge >= 0.3 is 0 Å². The van der Waals surface area contributed by atoms with E-state index in [1.54, 1.807) is 42.6 Å². The Morgan fingerprint density at radius 2 is 1.60 bits per heavy atom. The molecule has 0 unspecified atom stereocenters. The van der Waals surface area contributed by atoms with E-state index in [4.69, 9.17) is 9.42 Å². The molecule has 0 amide bonds. The highest BCUT2D eigenvalue weighted by Gasteiger charge is 2.50. The highest BCUT2D eigenvalue weighted by Crippen LogP contribution is 2.37. The van der Waals surface area contributed by atoms with Gasteiger partial charge in [0.25, 0.3) is 18.3 Å². The third-order valence-corrected chi connectivity index (χ3v) is 17.4. The zero-order valence-electron chi connectivity index (χ0n) is 30.1. The van der Waals surface area contributed by atoms with Gasteiger partial charge in [-0.3, -0.25) is 9.79 Å². The van der Waals surface area contributed by atoms with E-state index in [0.29, 0.717) is 35.1 Å². The second kappa shape index (κ2) is 14.4. The number of carbonyl (C=O) groups is 1. The van der Waals surface area contributed by atoms with Gasteiger partial charge in [-0.25, -0.2) is 12.4 Å². The van der Waals surface area contributed by atoms with Crippen LogP contribution in [0.4, 0.5) is 0 Å². The molecule has 7 rings (SSSR count). The fraction of sp³-hybridized carbons (Fsp3) is 0.238. The SMILES string of the molecule is Cc1ccc(S(=O)(=O)n2cc3c4c2C(=O)C(N[C@H](CO[Si](c2ccccc2)(c2ccccc2)C(C)(C)C)Cc2ccc(O)c(Br)c2)=CC4=NCC3)cc1. The van der Waals surface area contributed by atoms with Gasteiger partial charge < -0.3 is 14.8 Å². The molecule has 5 aromatic rings. The Hall–Kier alpha value is -4.55. The van der Waals surface area contributed by atoms with Gasteiger partial charge in [-0.05, 0) is 92.6 Å². The zero-order valence-corrected chi connectivity index (χ0v) is 33.5. The predicted octanol–water partition coefficient (Wildman–Crippen LogP) is 6.70. The van der Waals surface area contributed by atoms with E-state index >= 15 is 0 Å². The van der Waals surface area contributed by atoms with E-state index in [2.05, 4.69) is 66.3 Å². The first-order valence-electron chi connectivity index (χ1n) is 17.7. The molecule has 1 aliphatic carbocycles. The van der Waals surface area contributed by atoms with Crippen molar-refractivity contribution in [3.8, 4) is 5.75 Å². The molecule has 1 atom stereocenters. The van der Waals surface area contributed by atoms with Crippen molar-refractivity contribution in [2.24, 2.45) is 4.99 Å². The second-order valence-corrected chi connectivity index (χ2v) is 21.7. The number of aromatic nitrogens is 1. The summed E-state index contributed by atoms with van der Waals surface area (Å²) in [5.74, 6) is -0.300. The van der Waals surface area contributed by atoms with Crippen LogP contribution in [-0.2, 0) is 27.3 Å².